The van der Waals surface area contributed by atoms with Gasteiger partial charge in [-0.1, -0.05) is 0 Å². The highest BCUT2D eigenvalue weighted by Crippen LogP contribution is 2.21. The Morgan fingerprint density at radius 1 is 1.70 bits per heavy atom. The van der Waals surface area contributed by atoms with E-state index in [9.17, 15) is 0 Å². The maximum Gasteiger partial charge on any atom is 0.180 e. The highest BCUT2D eigenvalue weighted by molar-refractivity contribution is 4.99. The molecule has 1 fully saturated rings. The van der Waals surface area contributed by atoms with Crippen LogP contribution < -0.4 is 5.32 Å². The molecule has 0 radical (unpaired) electrons. The van der Waals surface area contributed by atoms with Gasteiger partial charge in [0.25, 0.3) is 0 Å². The molecule has 10 heavy (non-hydrogen) atoms. The van der Waals surface area contributed by atoms with Crippen molar-refractivity contribution in [3.05, 3.63) is 18.4 Å². The lowest BCUT2D eigenvalue weighted by atomic mass is 10.2. The van der Waals surface area contributed by atoms with E-state index < -0.39 is 0 Å². The molecule has 2 heterocycles. The summed E-state index contributed by atoms with van der Waals surface area (Å²) in [5.41, 5.74) is 0. The van der Waals surface area contributed by atoms with E-state index in [0.29, 0.717) is 6.04 Å². The lowest BCUT2D eigenvalue weighted by Crippen LogP contribution is -2.11. The Morgan fingerprint density at radius 2 is 2.70 bits per heavy atom. The number of hydrogen-bond acceptors (Lipinski definition) is 3. The highest BCUT2D eigenvalue weighted by atomic mass is 16.3. The number of nitrogens with zero attached hydrogens (tertiary/aromatic N) is 1. The second-order valence-corrected chi connectivity index (χ2v) is 2.55. The van der Waals surface area contributed by atoms with Gasteiger partial charge in [0.15, 0.2) is 6.39 Å². The summed E-state index contributed by atoms with van der Waals surface area (Å²) in [7, 11) is 0. The molecule has 1 atom stereocenters. The van der Waals surface area contributed by atoms with Gasteiger partial charge in [-0.25, -0.2) is 4.98 Å². The topological polar surface area (TPSA) is 38.1 Å². The molecule has 0 saturated carbocycles. The molecule has 0 bridgehead atoms. The van der Waals surface area contributed by atoms with Crippen molar-refractivity contribution in [2.24, 2.45) is 0 Å². The fourth-order valence-corrected chi connectivity index (χ4v) is 1.33. The molecule has 54 valence electrons. The van der Waals surface area contributed by atoms with Crippen molar-refractivity contribution in [2.45, 2.75) is 18.9 Å². The lowest BCUT2D eigenvalue weighted by Gasteiger charge is -2.02. The summed E-state index contributed by atoms with van der Waals surface area (Å²) in [5, 5.41) is 3.33. The second kappa shape index (κ2) is 2.42. The molecule has 3 heteroatoms. The molecule has 1 aromatic rings. The number of hydrogen-bond donors (Lipinski definition) is 1. The van der Waals surface area contributed by atoms with Crippen LogP contribution >= 0.6 is 0 Å². The summed E-state index contributed by atoms with van der Waals surface area (Å²) in [6, 6.07) is 0.419. The monoisotopic (exact) mass is 138 g/mol. The third-order valence-electron chi connectivity index (χ3n) is 1.86. The highest BCUT2D eigenvalue weighted by Gasteiger charge is 2.18. The summed E-state index contributed by atoms with van der Waals surface area (Å²) in [6.07, 6.45) is 5.68. The van der Waals surface area contributed by atoms with Gasteiger partial charge in [0.05, 0.1) is 12.2 Å². The summed E-state index contributed by atoms with van der Waals surface area (Å²) in [6.45, 7) is 1.10. The average Bonchev–Trinajstić information content (AvgIpc) is 2.59. The third kappa shape index (κ3) is 0.926. The molecule has 0 aromatic carbocycles. The molecule has 0 spiro atoms. The fourth-order valence-electron chi connectivity index (χ4n) is 1.33. The van der Waals surface area contributed by atoms with E-state index in [0.717, 1.165) is 12.3 Å². The molecule has 0 amide bonds. The van der Waals surface area contributed by atoms with Crippen molar-refractivity contribution in [1.29, 1.82) is 0 Å². The molecule has 2 rings (SSSR count). The van der Waals surface area contributed by atoms with E-state index in [-0.39, 0.29) is 0 Å². The summed E-state index contributed by atoms with van der Waals surface area (Å²) >= 11 is 0. The van der Waals surface area contributed by atoms with E-state index >= 15 is 0 Å². The van der Waals surface area contributed by atoms with Crippen LogP contribution in [-0.4, -0.2) is 11.5 Å². The number of oxazole rings is 1. The number of rotatable bonds is 1. The molecule has 1 aliphatic rings. The molecule has 1 unspecified atom stereocenters. The van der Waals surface area contributed by atoms with Crippen LogP contribution in [0.4, 0.5) is 0 Å². The van der Waals surface area contributed by atoms with Gasteiger partial charge in [-0.2, -0.15) is 0 Å². The summed E-state index contributed by atoms with van der Waals surface area (Å²) in [4.78, 5) is 3.86. The van der Waals surface area contributed by atoms with Gasteiger partial charge in [0.2, 0.25) is 0 Å². The van der Waals surface area contributed by atoms with E-state index in [2.05, 4.69) is 10.3 Å². The largest absolute Gasteiger partial charge is 0.447 e. The zero-order valence-corrected chi connectivity index (χ0v) is 5.71. The molecular formula is C7H10N2O. The number of aromatic nitrogens is 1. The first-order valence-electron chi connectivity index (χ1n) is 3.58. The van der Waals surface area contributed by atoms with Crippen LogP contribution in [0.25, 0.3) is 0 Å². The normalized spacial score (nSPS) is 25.4. The van der Waals surface area contributed by atoms with Gasteiger partial charge in [-0.3, -0.25) is 0 Å². The fraction of sp³-hybridized carbons (Fsp3) is 0.571. The third-order valence-corrected chi connectivity index (χ3v) is 1.86. The standard InChI is InChI=1S/C7H10N2O/c1-2-6(9-3-1)7-4-8-5-10-7/h4-6,9H,1-3H2. The van der Waals surface area contributed by atoms with Crippen LogP contribution in [0.1, 0.15) is 24.6 Å². The van der Waals surface area contributed by atoms with Crippen LogP contribution in [0.3, 0.4) is 0 Å². The Bertz CT molecular complexity index is 189. The van der Waals surface area contributed by atoms with Crippen molar-refractivity contribution >= 4 is 0 Å². The van der Waals surface area contributed by atoms with Crippen molar-refractivity contribution in [3.8, 4) is 0 Å². The molecule has 0 aliphatic carbocycles. The van der Waals surface area contributed by atoms with Crippen LogP contribution in [0.5, 0.6) is 0 Å². The van der Waals surface area contributed by atoms with Gasteiger partial charge >= 0.3 is 0 Å². The number of nitrogens with one attached hydrogen (secondary N) is 1. The first-order chi connectivity index (χ1) is 4.97. The second-order valence-electron chi connectivity index (χ2n) is 2.55. The van der Waals surface area contributed by atoms with Crippen LogP contribution in [0.15, 0.2) is 17.0 Å². The lowest BCUT2D eigenvalue weighted by molar-refractivity contribution is 0.443. The zero-order valence-electron chi connectivity index (χ0n) is 5.71. The van der Waals surface area contributed by atoms with Crippen LogP contribution in [0, 0.1) is 0 Å². The SMILES string of the molecule is c1ncc(C2CCCN2)o1. The smallest absolute Gasteiger partial charge is 0.180 e. The van der Waals surface area contributed by atoms with Gasteiger partial charge < -0.3 is 9.73 Å². The van der Waals surface area contributed by atoms with Crippen molar-refractivity contribution in [1.82, 2.24) is 10.3 Å². The van der Waals surface area contributed by atoms with Gasteiger partial charge in [-0.15, -0.1) is 0 Å². The van der Waals surface area contributed by atoms with Crippen molar-refractivity contribution in [2.75, 3.05) is 6.54 Å². The van der Waals surface area contributed by atoms with E-state index in [1.807, 2.05) is 0 Å². The quantitative estimate of drug-likeness (QED) is 0.631. The van der Waals surface area contributed by atoms with E-state index in [1.54, 1.807) is 6.20 Å². The molecule has 3 nitrogen and oxygen atoms in total. The van der Waals surface area contributed by atoms with Gasteiger partial charge in [-0.05, 0) is 19.4 Å². The summed E-state index contributed by atoms with van der Waals surface area (Å²) in [5.74, 6) is 0.970. The Morgan fingerprint density at radius 3 is 3.30 bits per heavy atom. The Hall–Kier alpha value is -0.830. The maximum atomic E-state index is 5.14. The molecule has 1 aliphatic heterocycles. The first-order valence-corrected chi connectivity index (χ1v) is 3.58. The average molecular weight is 138 g/mol. The minimum atomic E-state index is 0.419. The van der Waals surface area contributed by atoms with Gasteiger partial charge in [0, 0.05) is 0 Å². The predicted octanol–water partition coefficient (Wildman–Crippen LogP) is 1.10. The van der Waals surface area contributed by atoms with E-state index in [4.69, 9.17) is 4.42 Å². The van der Waals surface area contributed by atoms with Crippen LogP contribution in [-0.2, 0) is 0 Å². The van der Waals surface area contributed by atoms with Gasteiger partial charge in [0.1, 0.15) is 5.76 Å². The van der Waals surface area contributed by atoms with E-state index in [1.165, 1.54) is 19.2 Å². The van der Waals surface area contributed by atoms with Crippen LogP contribution in [0.2, 0.25) is 0 Å². The maximum absolute atomic E-state index is 5.14. The molecule has 1 saturated heterocycles. The predicted molar refractivity (Wildman–Crippen MR) is 36.5 cm³/mol. The molecule has 1 aromatic heterocycles. The van der Waals surface area contributed by atoms with Crippen molar-refractivity contribution in [3.63, 3.8) is 0 Å². The zero-order chi connectivity index (χ0) is 6.81. The Balaban J connectivity index is 2.12. The minimum Gasteiger partial charge on any atom is -0.447 e. The van der Waals surface area contributed by atoms with Crippen molar-refractivity contribution < 1.29 is 4.42 Å². The molecule has 1 N–H and O–H groups in total. The minimum absolute atomic E-state index is 0.419. The Kier molecular flexibility index (Phi) is 1.43. The first kappa shape index (κ1) is 5.92. The molecular weight excluding hydrogens is 128 g/mol. The summed E-state index contributed by atoms with van der Waals surface area (Å²) < 4.78 is 5.14. The Labute approximate surface area is 59.4 Å².